The quantitative estimate of drug-likeness (QED) is 0.458. The maximum Gasteiger partial charge on any atom is 0.503 e. The zero-order valence-corrected chi connectivity index (χ0v) is 13.9. The second-order valence-electron chi connectivity index (χ2n) is 5.25. The zero-order valence-electron chi connectivity index (χ0n) is 12.9. The summed E-state index contributed by atoms with van der Waals surface area (Å²) in [6, 6.07) is 0.730. The van der Waals surface area contributed by atoms with Gasteiger partial charge in [-0.25, -0.2) is 0 Å². The van der Waals surface area contributed by atoms with Gasteiger partial charge >= 0.3 is 8.80 Å². The lowest BCUT2D eigenvalue weighted by molar-refractivity contribution is 0.0217. The molecule has 118 valence electrons. The molecule has 1 saturated heterocycles. The molecular weight excluding hydrogens is 276 g/mol. The molecule has 0 aromatic carbocycles. The Morgan fingerprint density at radius 3 is 2.15 bits per heavy atom. The molecule has 3 atom stereocenters. The van der Waals surface area contributed by atoms with E-state index in [4.69, 9.17) is 22.8 Å². The van der Waals surface area contributed by atoms with Gasteiger partial charge in [-0.1, -0.05) is 0 Å². The van der Waals surface area contributed by atoms with E-state index in [9.17, 15) is 0 Å². The molecule has 0 spiro atoms. The average molecular weight is 304 g/mol. The molecule has 1 heterocycles. The lowest BCUT2D eigenvalue weighted by Crippen LogP contribution is -2.47. The topological polar surface area (TPSA) is 49.5 Å². The number of epoxide rings is 1. The number of hydrogen-bond acceptors (Lipinski definition) is 5. The van der Waals surface area contributed by atoms with Crippen LogP contribution in [-0.2, 0) is 22.8 Å². The van der Waals surface area contributed by atoms with E-state index >= 15 is 0 Å². The third-order valence-corrected chi connectivity index (χ3v) is 6.81. The molecule has 5 nitrogen and oxygen atoms in total. The van der Waals surface area contributed by atoms with Crippen molar-refractivity contribution in [3.8, 4) is 0 Å². The highest BCUT2D eigenvalue weighted by Crippen LogP contribution is 2.37. The molecule has 0 amide bonds. The molecule has 1 aliphatic heterocycles. The zero-order chi connectivity index (χ0) is 14.4. The summed E-state index contributed by atoms with van der Waals surface area (Å²) < 4.78 is 29.0. The summed E-state index contributed by atoms with van der Waals surface area (Å²) in [4.78, 5) is 0. The predicted octanol–water partition coefficient (Wildman–Crippen LogP) is 2.37. The molecule has 1 aliphatic carbocycles. The van der Waals surface area contributed by atoms with Crippen LogP contribution in [0.2, 0.25) is 6.04 Å². The first kappa shape index (κ1) is 16.4. The molecule has 0 N–H and O–H groups in total. The third kappa shape index (κ3) is 4.51. The van der Waals surface area contributed by atoms with Gasteiger partial charge in [0, 0.05) is 32.3 Å². The Labute approximate surface area is 123 Å². The highest BCUT2D eigenvalue weighted by Gasteiger charge is 2.45. The first-order valence-electron chi connectivity index (χ1n) is 7.92. The molecule has 0 aromatic heterocycles. The van der Waals surface area contributed by atoms with Crippen molar-refractivity contribution in [2.75, 3.05) is 26.4 Å². The van der Waals surface area contributed by atoms with Crippen LogP contribution in [0, 0.1) is 0 Å². The molecule has 2 rings (SSSR count). The predicted molar refractivity (Wildman–Crippen MR) is 77.7 cm³/mol. The van der Waals surface area contributed by atoms with E-state index in [2.05, 4.69) is 0 Å². The normalized spacial score (nSPS) is 29.2. The van der Waals surface area contributed by atoms with Crippen molar-refractivity contribution in [1.82, 2.24) is 0 Å². The van der Waals surface area contributed by atoms with Crippen LogP contribution < -0.4 is 0 Å². The fourth-order valence-corrected chi connectivity index (χ4v) is 5.24. The molecular formula is C14H28O5Si. The highest BCUT2D eigenvalue weighted by molar-refractivity contribution is 6.60. The summed E-state index contributed by atoms with van der Waals surface area (Å²) in [5.74, 6) is 0. The van der Waals surface area contributed by atoms with Crippen molar-refractivity contribution < 1.29 is 22.8 Å². The van der Waals surface area contributed by atoms with E-state index in [1.807, 2.05) is 20.8 Å². The lowest BCUT2D eigenvalue weighted by atomic mass is 9.98. The molecule has 0 radical (unpaired) electrons. The Kier molecular flexibility index (Phi) is 6.44. The molecule has 20 heavy (non-hydrogen) atoms. The van der Waals surface area contributed by atoms with E-state index in [1.54, 1.807) is 0 Å². The van der Waals surface area contributed by atoms with Gasteiger partial charge in [0.25, 0.3) is 0 Å². The second kappa shape index (κ2) is 7.86. The summed E-state index contributed by atoms with van der Waals surface area (Å²) in [7, 11) is -2.54. The van der Waals surface area contributed by atoms with Gasteiger partial charge < -0.3 is 22.8 Å². The Bertz CT molecular complexity index is 272. The highest BCUT2D eigenvalue weighted by atomic mass is 28.4. The standard InChI is InChI=1S/C14H28O5Si/c1-4-16-20(17-5-2,18-6-3)10-9-15-12-7-8-13-14(11-12)19-13/h12-14H,4-11H2,1-3H3. The van der Waals surface area contributed by atoms with Gasteiger partial charge in [0.05, 0.1) is 24.9 Å². The first-order valence-corrected chi connectivity index (χ1v) is 9.85. The van der Waals surface area contributed by atoms with E-state index in [1.165, 1.54) is 0 Å². The first-order chi connectivity index (χ1) is 9.73. The maximum atomic E-state index is 5.99. The SMILES string of the molecule is CCO[Si](CCOC1CCC2OC2C1)(OCC)OCC. The van der Waals surface area contributed by atoms with Gasteiger partial charge in [0.1, 0.15) is 0 Å². The molecule has 6 heteroatoms. The minimum Gasteiger partial charge on any atom is -0.378 e. The Balaban J connectivity index is 1.74. The molecule has 0 aromatic rings. The Morgan fingerprint density at radius 2 is 1.60 bits per heavy atom. The van der Waals surface area contributed by atoms with Crippen molar-refractivity contribution in [3.05, 3.63) is 0 Å². The van der Waals surface area contributed by atoms with Crippen LogP contribution in [0.3, 0.4) is 0 Å². The van der Waals surface area contributed by atoms with E-state index in [0.29, 0.717) is 44.7 Å². The van der Waals surface area contributed by atoms with Crippen molar-refractivity contribution in [2.45, 2.75) is 64.4 Å². The van der Waals surface area contributed by atoms with Crippen LogP contribution >= 0.6 is 0 Å². The van der Waals surface area contributed by atoms with Crippen molar-refractivity contribution in [2.24, 2.45) is 0 Å². The summed E-state index contributed by atoms with van der Waals surface area (Å²) >= 11 is 0. The Hall–Kier alpha value is 0.0169. The monoisotopic (exact) mass is 304 g/mol. The number of ether oxygens (including phenoxy) is 2. The van der Waals surface area contributed by atoms with E-state index in [0.717, 1.165) is 25.3 Å². The Morgan fingerprint density at radius 1 is 0.950 bits per heavy atom. The minimum absolute atomic E-state index is 0.329. The minimum atomic E-state index is -2.54. The van der Waals surface area contributed by atoms with Crippen molar-refractivity contribution in [3.63, 3.8) is 0 Å². The summed E-state index contributed by atoms with van der Waals surface area (Å²) in [6.45, 7) is 8.44. The van der Waals surface area contributed by atoms with Gasteiger partial charge in [0.2, 0.25) is 0 Å². The smallest absolute Gasteiger partial charge is 0.378 e. The van der Waals surface area contributed by atoms with Crippen molar-refractivity contribution >= 4 is 8.80 Å². The fraction of sp³-hybridized carbons (Fsp3) is 1.00. The molecule has 0 bridgehead atoms. The van der Waals surface area contributed by atoms with Crippen molar-refractivity contribution in [1.29, 1.82) is 0 Å². The van der Waals surface area contributed by atoms with Crippen LogP contribution in [0.5, 0.6) is 0 Å². The summed E-state index contributed by atoms with van der Waals surface area (Å²) in [5, 5.41) is 0. The second-order valence-corrected chi connectivity index (χ2v) is 7.98. The van der Waals surface area contributed by atoms with Gasteiger partial charge in [-0.2, -0.15) is 0 Å². The van der Waals surface area contributed by atoms with Crippen LogP contribution in [0.4, 0.5) is 0 Å². The van der Waals surface area contributed by atoms with E-state index in [-0.39, 0.29) is 0 Å². The summed E-state index contributed by atoms with van der Waals surface area (Å²) in [6.07, 6.45) is 4.60. The van der Waals surface area contributed by atoms with Crippen LogP contribution in [0.15, 0.2) is 0 Å². The molecule has 3 unspecified atom stereocenters. The number of rotatable bonds is 10. The van der Waals surface area contributed by atoms with Crippen LogP contribution in [-0.4, -0.2) is 53.5 Å². The third-order valence-electron chi connectivity index (χ3n) is 3.81. The number of hydrogen-bond donors (Lipinski definition) is 0. The fourth-order valence-electron chi connectivity index (χ4n) is 2.87. The van der Waals surface area contributed by atoms with Gasteiger partial charge in [-0.15, -0.1) is 0 Å². The molecule has 1 saturated carbocycles. The largest absolute Gasteiger partial charge is 0.503 e. The van der Waals surface area contributed by atoms with Gasteiger partial charge in [0.15, 0.2) is 0 Å². The number of fused-ring (bicyclic) bond motifs is 1. The van der Waals surface area contributed by atoms with Crippen LogP contribution in [0.1, 0.15) is 40.0 Å². The van der Waals surface area contributed by atoms with Crippen LogP contribution in [0.25, 0.3) is 0 Å². The summed E-state index contributed by atoms with van der Waals surface area (Å²) in [5.41, 5.74) is 0. The molecule has 2 fully saturated rings. The van der Waals surface area contributed by atoms with Gasteiger partial charge in [-0.05, 0) is 33.6 Å². The molecule has 2 aliphatic rings. The average Bonchev–Trinajstić information content (AvgIpc) is 3.18. The lowest BCUT2D eigenvalue weighted by Gasteiger charge is -2.29. The van der Waals surface area contributed by atoms with Gasteiger partial charge in [-0.3, -0.25) is 0 Å². The maximum absolute atomic E-state index is 5.99. The van der Waals surface area contributed by atoms with E-state index < -0.39 is 8.80 Å².